The molecule has 0 bridgehead atoms. The summed E-state index contributed by atoms with van der Waals surface area (Å²) in [4.78, 5) is 20.3. The van der Waals surface area contributed by atoms with Gasteiger partial charge in [-0.2, -0.15) is 13.2 Å². The Bertz CT molecular complexity index is 1190. The molecule has 0 radical (unpaired) electrons. The maximum atomic E-state index is 13.6. The van der Waals surface area contributed by atoms with E-state index >= 15 is 0 Å². The summed E-state index contributed by atoms with van der Waals surface area (Å²) in [5.41, 5.74) is 1.23. The van der Waals surface area contributed by atoms with E-state index < -0.39 is 17.3 Å². The van der Waals surface area contributed by atoms with Gasteiger partial charge in [-0.25, -0.2) is 4.98 Å². The molecule has 0 amide bonds. The van der Waals surface area contributed by atoms with Crippen molar-refractivity contribution in [2.45, 2.75) is 38.1 Å². The highest BCUT2D eigenvalue weighted by molar-refractivity contribution is 9.10. The molecular formula is C22H19BrF3N3O2. The molecule has 31 heavy (non-hydrogen) atoms. The Morgan fingerprint density at radius 3 is 2.32 bits per heavy atom. The standard InChI is InChI=1S/C22H19BrF3N3O2/c23-18-10-15(22(24,25)26)9-17-19(18)27-21(28-11-13-3-1-2-4-14(13)12-28)29(20(17)30)16-5-7-31-8-6-16/h1-4,9-10,16H,5-8,11-12H2. The number of halogens is 4. The predicted octanol–water partition coefficient (Wildman–Crippen LogP) is 5.05. The van der Waals surface area contributed by atoms with Crippen LogP contribution in [0.25, 0.3) is 10.9 Å². The van der Waals surface area contributed by atoms with E-state index in [1.54, 1.807) is 4.57 Å². The van der Waals surface area contributed by atoms with E-state index in [2.05, 4.69) is 15.9 Å². The number of nitrogens with zero attached hydrogens (tertiary/aromatic N) is 3. The summed E-state index contributed by atoms with van der Waals surface area (Å²) in [6.45, 7) is 2.19. The number of hydrogen-bond acceptors (Lipinski definition) is 4. The molecule has 9 heteroatoms. The van der Waals surface area contributed by atoms with Crippen LogP contribution in [-0.2, 0) is 24.0 Å². The van der Waals surface area contributed by atoms with Crippen molar-refractivity contribution in [3.63, 3.8) is 0 Å². The molecule has 3 aromatic rings. The Balaban J connectivity index is 1.72. The number of anilines is 1. The van der Waals surface area contributed by atoms with Crippen LogP contribution in [0.3, 0.4) is 0 Å². The molecule has 0 N–H and O–H groups in total. The summed E-state index contributed by atoms with van der Waals surface area (Å²) in [6, 6.07) is 9.74. The van der Waals surface area contributed by atoms with Gasteiger partial charge in [-0.1, -0.05) is 24.3 Å². The molecule has 0 unspecified atom stereocenters. The van der Waals surface area contributed by atoms with Gasteiger partial charge in [-0.15, -0.1) is 0 Å². The average molecular weight is 494 g/mol. The number of benzene rings is 2. The second-order valence-electron chi connectivity index (χ2n) is 7.91. The van der Waals surface area contributed by atoms with E-state index in [1.165, 1.54) is 0 Å². The van der Waals surface area contributed by atoms with Crippen LogP contribution < -0.4 is 10.5 Å². The van der Waals surface area contributed by atoms with Crippen LogP contribution in [0.1, 0.15) is 35.6 Å². The van der Waals surface area contributed by atoms with Gasteiger partial charge in [0.25, 0.3) is 5.56 Å². The lowest BCUT2D eigenvalue weighted by molar-refractivity contribution is -0.137. The van der Waals surface area contributed by atoms with Crippen LogP contribution in [0.2, 0.25) is 0 Å². The van der Waals surface area contributed by atoms with Gasteiger partial charge in [0.1, 0.15) is 0 Å². The summed E-state index contributed by atoms with van der Waals surface area (Å²) < 4.78 is 47.3. The third-order valence-electron chi connectivity index (χ3n) is 5.95. The number of ether oxygens (including phenoxy) is 1. The van der Waals surface area contributed by atoms with Gasteiger partial charge in [0, 0.05) is 36.8 Å². The molecule has 0 saturated carbocycles. The maximum absolute atomic E-state index is 13.6. The molecular weight excluding hydrogens is 475 g/mol. The molecule has 5 rings (SSSR count). The second kappa shape index (κ2) is 7.63. The summed E-state index contributed by atoms with van der Waals surface area (Å²) in [5, 5.41) is -0.0337. The lowest BCUT2D eigenvalue weighted by atomic mass is 10.1. The zero-order valence-corrected chi connectivity index (χ0v) is 18.0. The monoisotopic (exact) mass is 493 g/mol. The number of fused-ring (bicyclic) bond motifs is 2. The third-order valence-corrected chi connectivity index (χ3v) is 6.55. The van der Waals surface area contributed by atoms with Crippen molar-refractivity contribution in [1.82, 2.24) is 9.55 Å². The molecule has 1 saturated heterocycles. The number of rotatable bonds is 2. The van der Waals surface area contributed by atoms with Crippen LogP contribution in [-0.4, -0.2) is 22.8 Å². The molecule has 0 atom stereocenters. The quantitative estimate of drug-likeness (QED) is 0.501. The van der Waals surface area contributed by atoms with Crippen molar-refractivity contribution in [3.8, 4) is 0 Å². The first kappa shape index (κ1) is 20.5. The molecule has 3 heterocycles. The van der Waals surface area contributed by atoms with Crippen LogP contribution in [0, 0.1) is 0 Å². The molecule has 2 aliphatic rings. The molecule has 162 valence electrons. The fraction of sp³-hybridized carbons (Fsp3) is 0.364. The van der Waals surface area contributed by atoms with Gasteiger partial charge in [0.2, 0.25) is 5.95 Å². The maximum Gasteiger partial charge on any atom is 0.416 e. The van der Waals surface area contributed by atoms with E-state index in [0.29, 0.717) is 45.1 Å². The van der Waals surface area contributed by atoms with Crippen molar-refractivity contribution in [1.29, 1.82) is 0 Å². The van der Waals surface area contributed by atoms with Gasteiger partial charge in [0.05, 0.1) is 16.5 Å². The van der Waals surface area contributed by atoms with Crippen molar-refractivity contribution < 1.29 is 17.9 Å². The molecule has 2 aromatic carbocycles. The first-order chi connectivity index (χ1) is 14.8. The summed E-state index contributed by atoms with van der Waals surface area (Å²) in [6.07, 6.45) is -3.33. The Morgan fingerprint density at radius 2 is 1.71 bits per heavy atom. The van der Waals surface area contributed by atoms with Crippen LogP contribution in [0.5, 0.6) is 0 Å². The normalized spacial score (nSPS) is 17.4. The Kier molecular flexibility index (Phi) is 5.05. The van der Waals surface area contributed by atoms with Gasteiger partial charge in [-0.3, -0.25) is 9.36 Å². The number of alkyl halides is 3. The minimum absolute atomic E-state index is 0.0337. The molecule has 0 aliphatic carbocycles. The van der Waals surface area contributed by atoms with E-state index in [9.17, 15) is 18.0 Å². The minimum atomic E-state index is -4.55. The Labute approximate surface area is 184 Å². The predicted molar refractivity (Wildman–Crippen MR) is 114 cm³/mol. The largest absolute Gasteiger partial charge is 0.416 e. The summed E-state index contributed by atoms with van der Waals surface area (Å²) in [5.74, 6) is 0.487. The van der Waals surface area contributed by atoms with Gasteiger partial charge in [-0.05, 0) is 52.0 Å². The highest BCUT2D eigenvalue weighted by atomic mass is 79.9. The van der Waals surface area contributed by atoms with Crippen molar-refractivity contribution >= 4 is 32.8 Å². The van der Waals surface area contributed by atoms with Crippen LogP contribution in [0.4, 0.5) is 19.1 Å². The zero-order chi connectivity index (χ0) is 21.8. The Morgan fingerprint density at radius 1 is 1.06 bits per heavy atom. The van der Waals surface area contributed by atoms with Crippen molar-refractivity contribution in [2.75, 3.05) is 18.1 Å². The Hall–Kier alpha value is -2.39. The fourth-order valence-corrected chi connectivity index (χ4v) is 4.93. The molecule has 5 nitrogen and oxygen atoms in total. The van der Waals surface area contributed by atoms with Gasteiger partial charge < -0.3 is 9.64 Å². The fourth-order valence-electron chi connectivity index (χ4n) is 4.38. The van der Waals surface area contributed by atoms with Crippen LogP contribution >= 0.6 is 15.9 Å². The first-order valence-electron chi connectivity index (χ1n) is 10.1. The van der Waals surface area contributed by atoms with Gasteiger partial charge in [0.15, 0.2) is 0 Å². The van der Waals surface area contributed by atoms with Crippen molar-refractivity contribution in [2.24, 2.45) is 0 Å². The SMILES string of the molecule is O=c1c2cc(C(F)(F)F)cc(Br)c2nc(N2Cc3ccccc3C2)n1C1CCOCC1. The summed E-state index contributed by atoms with van der Waals surface area (Å²) >= 11 is 3.22. The van der Waals surface area contributed by atoms with E-state index in [1.807, 2.05) is 29.2 Å². The average Bonchev–Trinajstić information content (AvgIpc) is 3.18. The van der Waals surface area contributed by atoms with E-state index in [0.717, 1.165) is 23.3 Å². The number of hydrogen-bond donors (Lipinski definition) is 0. The van der Waals surface area contributed by atoms with E-state index in [4.69, 9.17) is 9.72 Å². The lowest BCUT2D eigenvalue weighted by Gasteiger charge is -2.30. The lowest BCUT2D eigenvalue weighted by Crippen LogP contribution is -2.35. The highest BCUT2D eigenvalue weighted by Crippen LogP contribution is 2.36. The zero-order valence-electron chi connectivity index (χ0n) is 16.5. The summed E-state index contributed by atoms with van der Waals surface area (Å²) in [7, 11) is 0. The molecule has 2 aliphatic heterocycles. The number of aromatic nitrogens is 2. The first-order valence-corrected chi connectivity index (χ1v) is 10.8. The topological polar surface area (TPSA) is 47.4 Å². The molecule has 1 aromatic heterocycles. The second-order valence-corrected chi connectivity index (χ2v) is 8.76. The van der Waals surface area contributed by atoms with Crippen molar-refractivity contribution in [3.05, 3.63) is 67.9 Å². The minimum Gasteiger partial charge on any atom is -0.381 e. The molecule has 1 fully saturated rings. The third kappa shape index (κ3) is 3.63. The van der Waals surface area contributed by atoms with E-state index in [-0.39, 0.29) is 21.4 Å². The molecule has 0 spiro atoms. The van der Waals surface area contributed by atoms with Gasteiger partial charge >= 0.3 is 6.18 Å². The highest BCUT2D eigenvalue weighted by Gasteiger charge is 2.33. The van der Waals surface area contributed by atoms with Crippen LogP contribution in [0.15, 0.2) is 45.7 Å². The smallest absolute Gasteiger partial charge is 0.381 e.